The fraction of sp³-hybridized carbons (Fsp3) is 0.529. The Morgan fingerprint density at radius 2 is 1.73 bits per heavy atom. The van der Waals surface area contributed by atoms with Crippen LogP contribution in [-0.2, 0) is 4.79 Å². The molecule has 5 nitrogen and oxygen atoms in total. The van der Waals surface area contributed by atoms with Crippen molar-refractivity contribution >= 4 is 17.7 Å². The molecule has 0 aromatic heterocycles. The number of para-hydroxylation sites is 1. The van der Waals surface area contributed by atoms with E-state index in [1.54, 1.807) is 20.8 Å². The SMILES string of the molecule is Cc1ccccc1NC(=O)[C@H](C(C)C)N(C(=O)O)C(C)(C)C. The van der Waals surface area contributed by atoms with E-state index in [1.165, 1.54) is 4.90 Å². The molecule has 0 aliphatic heterocycles. The van der Waals surface area contributed by atoms with E-state index in [0.717, 1.165) is 5.56 Å². The monoisotopic (exact) mass is 306 g/mol. The van der Waals surface area contributed by atoms with Crippen LogP contribution in [0.2, 0.25) is 0 Å². The van der Waals surface area contributed by atoms with Crippen LogP contribution < -0.4 is 5.32 Å². The van der Waals surface area contributed by atoms with Crippen LogP contribution in [-0.4, -0.2) is 33.6 Å². The minimum absolute atomic E-state index is 0.139. The third-order valence-electron chi connectivity index (χ3n) is 3.51. The molecule has 1 rings (SSSR count). The summed E-state index contributed by atoms with van der Waals surface area (Å²) < 4.78 is 0. The van der Waals surface area contributed by atoms with Gasteiger partial charge in [-0.2, -0.15) is 0 Å². The Morgan fingerprint density at radius 1 is 1.18 bits per heavy atom. The molecule has 0 aliphatic rings. The molecular weight excluding hydrogens is 280 g/mol. The molecule has 0 bridgehead atoms. The third kappa shape index (κ3) is 4.23. The molecule has 0 unspecified atom stereocenters. The Morgan fingerprint density at radius 3 is 2.14 bits per heavy atom. The largest absolute Gasteiger partial charge is 0.465 e. The molecule has 0 spiro atoms. The number of nitrogens with zero attached hydrogens (tertiary/aromatic N) is 1. The normalized spacial score (nSPS) is 12.9. The zero-order chi connectivity index (χ0) is 17.1. The van der Waals surface area contributed by atoms with Crippen molar-refractivity contribution in [3.05, 3.63) is 29.8 Å². The molecule has 1 aromatic rings. The van der Waals surface area contributed by atoms with Crippen molar-refractivity contribution in [3.8, 4) is 0 Å². The zero-order valence-electron chi connectivity index (χ0n) is 14.2. The average Bonchev–Trinajstić information content (AvgIpc) is 2.35. The maximum Gasteiger partial charge on any atom is 0.408 e. The maximum absolute atomic E-state index is 12.7. The molecule has 2 N–H and O–H groups in total. The second-order valence-corrected chi connectivity index (χ2v) is 6.82. The smallest absolute Gasteiger partial charge is 0.408 e. The van der Waals surface area contributed by atoms with Crippen LogP contribution in [0.3, 0.4) is 0 Å². The molecule has 1 aromatic carbocycles. The van der Waals surface area contributed by atoms with Gasteiger partial charge in [-0.25, -0.2) is 4.79 Å². The third-order valence-corrected chi connectivity index (χ3v) is 3.51. The van der Waals surface area contributed by atoms with Gasteiger partial charge in [0.1, 0.15) is 6.04 Å². The van der Waals surface area contributed by atoms with Gasteiger partial charge < -0.3 is 10.4 Å². The molecule has 0 saturated carbocycles. The molecule has 1 atom stereocenters. The molecule has 0 aliphatic carbocycles. The van der Waals surface area contributed by atoms with E-state index in [-0.39, 0.29) is 11.8 Å². The highest BCUT2D eigenvalue weighted by Gasteiger charge is 2.39. The van der Waals surface area contributed by atoms with Gasteiger partial charge in [-0.15, -0.1) is 0 Å². The summed E-state index contributed by atoms with van der Waals surface area (Å²) >= 11 is 0. The summed E-state index contributed by atoms with van der Waals surface area (Å²) in [5, 5.41) is 12.4. The summed E-state index contributed by atoms with van der Waals surface area (Å²) in [5.41, 5.74) is 0.984. The highest BCUT2D eigenvalue weighted by molar-refractivity contribution is 5.97. The fourth-order valence-electron chi connectivity index (χ4n) is 2.46. The van der Waals surface area contributed by atoms with Gasteiger partial charge in [-0.3, -0.25) is 9.69 Å². The molecule has 2 amide bonds. The molecule has 0 fully saturated rings. The molecule has 22 heavy (non-hydrogen) atoms. The Kier molecular flexibility index (Phi) is 5.58. The van der Waals surface area contributed by atoms with Crippen LogP contribution in [0, 0.1) is 12.8 Å². The Balaban J connectivity index is 3.12. The first kappa shape index (κ1) is 18.0. The molecular formula is C17H26N2O3. The van der Waals surface area contributed by atoms with Gasteiger partial charge in [0.15, 0.2) is 0 Å². The molecule has 122 valence electrons. The minimum atomic E-state index is -1.09. The van der Waals surface area contributed by atoms with Gasteiger partial charge in [0.05, 0.1) is 0 Å². The topological polar surface area (TPSA) is 69.6 Å². The number of carbonyl (C=O) groups excluding carboxylic acids is 1. The van der Waals surface area contributed by atoms with Gasteiger partial charge in [0, 0.05) is 11.2 Å². The van der Waals surface area contributed by atoms with E-state index >= 15 is 0 Å². The summed E-state index contributed by atoms with van der Waals surface area (Å²) in [6, 6.07) is 6.69. The quantitative estimate of drug-likeness (QED) is 0.890. The number of nitrogens with one attached hydrogen (secondary N) is 1. The number of amides is 2. The lowest BCUT2D eigenvalue weighted by Gasteiger charge is -2.40. The predicted molar refractivity (Wildman–Crippen MR) is 88.1 cm³/mol. The number of hydrogen-bond acceptors (Lipinski definition) is 2. The van der Waals surface area contributed by atoms with Gasteiger partial charge in [0.25, 0.3) is 0 Å². The van der Waals surface area contributed by atoms with E-state index in [9.17, 15) is 14.7 Å². The number of carboxylic acid groups (broad SMARTS) is 1. The van der Waals surface area contributed by atoms with Gasteiger partial charge in [0.2, 0.25) is 5.91 Å². The summed E-state index contributed by atoms with van der Waals surface area (Å²) in [4.78, 5) is 25.6. The summed E-state index contributed by atoms with van der Waals surface area (Å²) in [5.74, 6) is -0.444. The van der Waals surface area contributed by atoms with E-state index in [0.29, 0.717) is 5.69 Å². The summed E-state index contributed by atoms with van der Waals surface area (Å²) in [6.07, 6.45) is -1.09. The maximum atomic E-state index is 12.7. The first-order valence-corrected chi connectivity index (χ1v) is 7.44. The first-order chi connectivity index (χ1) is 10.1. The van der Waals surface area contributed by atoms with Crippen molar-refractivity contribution in [2.75, 3.05) is 5.32 Å². The standard InChI is InChI=1S/C17H26N2O3/c1-11(2)14(19(16(21)22)17(4,5)6)15(20)18-13-10-8-7-9-12(13)3/h7-11,14H,1-6H3,(H,18,20)(H,21,22)/t14-/m0/s1. The fourth-order valence-corrected chi connectivity index (χ4v) is 2.46. The number of anilines is 1. The molecule has 0 radical (unpaired) electrons. The Labute approximate surface area is 132 Å². The van der Waals surface area contributed by atoms with Crippen LogP contribution >= 0.6 is 0 Å². The van der Waals surface area contributed by atoms with Crippen LogP contribution in [0.25, 0.3) is 0 Å². The zero-order valence-corrected chi connectivity index (χ0v) is 14.2. The second-order valence-electron chi connectivity index (χ2n) is 6.82. The van der Waals surface area contributed by atoms with Crippen molar-refractivity contribution < 1.29 is 14.7 Å². The summed E-state index contributed by atoms with van der Waals surface area (Å²) in [6.45, 7) is 11.0. The minimum Gasteiger partial charge on any atom is -0.465 e. The Hall–Kier alpha value is -2.04. The van der Waals surface area contributed by atoms with Gasteiger partial charge in [-0.05, 0) is 45.2 Å². The molecule has 0 saturated heterocycles. The lowest BCUT2D eigenvalue weighted by atomic mass is 9.95. The first-order valence-electron chi connectivity index (χ1n) is 7.44. The van der Waals surface area contributed by atoms with E-state index < -0.39 is 17.7 Å². The Bertz CT molecular complexity index is 547. The number of rotatable bonds is 4. The predicted octanol–water partition coefficient (Wildman–Crippen LogP) is 3.74. The van der Waals surface area contributed by atoms with Crippen molar-refractivity contribution in [1.82, 2.24) is 4.90 Å². The highest BCUT2D eigenvalue weighted by atomic mass is 16.4. The lowest BCUT2D eigenvalue weighted by Crippen LogP contribution is -2.57. The van der Waals surface area contributed by atoms with E-state index in [2.05, 4.69) is 5.32 Å². The highest BCUT2D eigenvalue weighted by Crippen LogP contribution is 2.24. The molecule has 5 heteroatoms. The van der Waals surface area contributed by atoms with Crippen LogP contribution in [0.5, 0.6) is 0 Å². The number of benzene rings is 1. The van der Waals surface area contributed by atoms with Gasteiger partial charge in [-0.1, -0.05) is 32.0 Å². The van der Waals surface area contributed by atoms with Gasteiger partial charge >= 0.3 is 6.09 Å². The van der Waals surface area contributed by atoms with Crippen LogP contribution in [0.15, 0.2) is 24.3 Å². The molecule has 0 heterocycles. The number of aryl methyl sites for hydroxylation is 1. The van der Waals surface area contributed by atoms with Crippen molar-refractivity contribution in [2.45, 2.75) is 53.1 Å². The summed E-state index contributed by atoms with van der Waals surface area (Å²) in [7, 11) is 0. The van der Waals surface area contributed by atoms with Crippen LogP contribution in [0.4, 0.5) is 10.5 Å². The number of carbonyl (C=O) groups is 2. The van der Waals surface area contributed by atoms with E-state index in [4.69, 9.17) is 0 Å². The lowest BCUT2D eigenvalue weighted by molar-refractivity contribution is -0.124. The second kappa shape index (κ2) is 6.81. The van der Waals surface area contributed by atoms with Crippen molar-refractivity contribution in [1.29, 1.82) is 0 Å². The van der Waals surface area contributed by atoms with Crippen molar-refractivity contribution in [3.63, 3.8) is 0 Å². The number of hydrogen-bond donors (Lipinski definition) is 2. The van der Waals surface area contributed by atoms with Crippen molar-refractivity contribution in [2.24, 2.45) is 5.92 Å². The average molecular weight is 306 g/mol. The van der Waals surface area contributed by atoms with Crippen LogP contribution in [0.1, 0.15) is 40.2 Å². The van der Waals surface area contributed by atoms with E-state index in [1.807, 2.05) is 45.0 Å².